The van der Waals surface area contributed by atoms with E-state index in [-0.39, 0.29) is 5.91 Å². The van der Waals surface area contributed by atoms with Crippen LogP contribution in [-0.2, 0) is 17.9 Å². The van der Waals surface area contributed by atoms with E-state index >= 15 is 0 Å². The zero-order valence-corrected chi connectivity index (χ0v) is 14.6. The lowest BCUT2D eigenvalue weighted by Crippen LogP contribution is -2.47. The zero-order chi connectivity index (χ0) is 16.7. The highest BCUT2D eigenvalue weighted by molar-refractivity contribution is 7.99. The molecule has 4 rings (SSSR count). The number of thioether (sulfide) groups is 1. The second kappa shape index (κ2) is 6.12. The predicted octanol–water partition coefficient (Wildman–Crippen LogP) is 2.30. The molecule has 0 fully saturated rings. The number of nitrogens with zero attached hydrogens (tertiary/aromatic N) is 4. The summed E-state index contributed by atoms with van der Waals surface area (Å²) < 4.78 is 8.06. The molecule has 0 spiro atoms. The topological polar surface area (TPSA) is 60.2 Å². The smallest absolute Gasteiger partial charge is 0.265 e. The minimum Gasteiger partial charge on any atom is -0.479 e. The van der Waals surface area contributed by atoms with Crippen molar-refractivity contribution < 1.29 is 9.53 Å². The monoisotopic (exact) mass is 344 g/mol. The fourth-order valence-corrected chi connectivity index (χ4v) is 4.12. The van der Waals surface area contributed by atoms with E-state index < -0.39 is 6.10 Å². The standard InChI is InChI=1S/C17H20N4O2S/c1-11(2)16-19-18-15-9-20(7-8-21(15)16)17(22)13-10-24-14-6-4-3-5-12(14)23-13/h3-6,11,13H,7-10H2,1-2H3/t13-/m0/s1. The normalized spacial score (nSPS) is 19.6. The molecule has 1 amide bonds. The molecule has 24 heavy (non-hydrogen) atoms. The molecule has 1 aromatic carbocycles. The summed E-state index contributed by atoms with van der Waals surface area (Å²) in [6, 6.07) is 7.87. The van der Waals surface area contributed by atoms with Gasteiger partial charge >= 0.3 is 0 Å². The Bertz CT molecular complexity index is 774. The molecular weight excluding hydrogens is 324 g/mol. The molecule has 2 aliphatic heterocycles. The van der Waals surface area contributed by atoms with E-state index in [1.165, 1.54) is 0 Å². The number of ether oxygens (including phenoxy) is 1. The summed E-state index contributed by atoms with van der Waals surface area (Å²) in [4.78, 5) is 15.8. The fraction of sp³-hybridized carbons (Fsp3) is 0.471. The summed E-state index contributed by atoms with van der Waals surface area (Å²) in [6.07, 6.45) is -0.427. The van der Waals surface area contributed by atoms with Crippen molar-refractivity contribution in [3.8, 4) is 5.75 Å². The van der Waals surface area contributed by atoms with Gasteiger partial charge in [-0.1, -0.05) is 26.0 Å². The molecule has 2 aromatic rings. The van der Waals surface area contributed by atoms with Crippen molar-refractivity contribution in [1.29, 1.82) is 0 Å². The number of aromatic nitrogens is 3. The summed E-state index contributed by atoms with van der Waals surface area (Å²) >= 11 is 1.68. The maximum Gasteiger partial charge on any atom is 0.265 e. The summed E-state index contributed by atoms with van der Waals surface area (Å²) in [5.74, 6) is 3.68. The third-order valence-corrected chi connectivity index (χ3v) is 5.51. The number of carbonyl (C=O) groups is 1. The number of amides is 1. The van der Waals surface area contributed by atoms with E-state index in [1.54, 1.807) is 11.8 Å². The molecule has 0 unspecified atom stereocenters. The molecule has 7 heteroatoms. The van der Waals surface area contributed by atoms with E-state index in [1.807, 2.05) is 29.2 Å². The van der Waals surface area contributed by atoms with Crippen molar-refractivity contribution in [2.75, 3.05) is 12.3 Å². The van der Waals surface area contributed by atoms with Crippen LogP contribution in [0.2, 0.25) is 0 Å². The Hall–Kier alpha value is -2.02. The molecule has 1 aromatic heterocycles. The summed E-state index contributed by atoms with van der Waals surface area (Å²) in [6.45, 7) is 6.15. The Labute approximate surface area is 145 Å². The van der Waals surface area contributed by atoms with Gasteiger partial charge in [0.25, 0.3) is 5.91 Å². The van der Waals surface area contributed by atoms with Crippen LogP contribution in [0.15, 0.2) is 29.2 Å². The third kappa shape index (κ3) is 2.66. The molecule has 0 bridgehead atoms. The summed E-state index contributed by atoms with van der Waals surface area (Å²) in [7, 11) is 0. The molecule has 2 aliphatic rings. The van der Waals surface area contributed by atoms with Gasteiger partial charge in [0.15, 0.2) is 11.9 Å². The molecule has 0 N–H and O–H groups in total. The average Bonchev–Trinajstić information content (AvgIpc) is 3.04. The van der Waals surface area contributed by atoms with Gasteiger partial charge in [0, 0.05) is 29.7 Å². The second-order valence-corrected chi connectivity index (χ2v) is 7.47. The zero-order valence-electron chi connectivity index (χ0n) is 13.8. The van der Waals surface area contributed by atoms with Gasteiger partial charge in [-0.2, -0.15) is 0 Å². The van der Waals surface area contributed by atoms with Gasteiger partial charge < -0.3 is 14.2 Å². The first-order valence-corrected chi connectivity index (χ1v) is 9.21. The molecule has 6 nitrogen and oxygen atoms in total. The van der Waals surface area contributed by atoms with Gasteiger partial charge in [-0.3, -0.25) is 4.79 Å². The van der Waals surface area contributed by atoms with Crippen LogP contribution < -0.4 is 4.74 Å². The maximum absolute atomic E-state index is 12.8. The van der Waals surface area contributed by atoms with Crippen molar-refractivity contribution in [2.45, 2.75) is 43.9 Å². The number of benzene rings is 1. The molecule has 3 heterocycles. The Morgan fingerprint density at radius 2 is 2.12 bits per heavy atom. The number of fused-ring (bicyclic) bond motifs is 2. The molecule has 0 aliphatic carbocycles. The first-order chi connectivity index (χ1) is 11.6. The van der Waals surface area contributed by atoms with Crippen LogP contribution in [0.3, 0.4) is 0 Å². The van der Waals surface area contributed by atoms with Crippen LogP contribution in [0.4, 0.5) is 0 Å². The first-order valence-electron chi connectivity index (χ1n) is 8.22. The summed E-state index contributed by atoms with van der Waals surface area (Å²) in [5.41, 5.74) is 0. The highest BCUT2D eigenvalue weighted by atomic mass is 32.2. The van der Waals surface area contributed by atoms with Gasteiger partial charge in [0.2, 0.25) is 0 Å². The SMILES string of the molecule is CC(C)c1nnc2n1CCN(C(=O)[C@@H]1CSc3ccccc3O1)C2. The van der Waals surface area contributed by atoms with Crippen LogP contribution in [0, 0.1) is 0 Å². The van der Waals surface area contributed by atoms with Gasteiger partial charge in [-0.25, -0.2) is 0 Å². The lowest BCUT2D eigenvalue weighted by atomic mass is 10.2. The number of carbonyl (C=O) groups excluding carboxylic acids is 1. The molecule has 126 valence electrons. The number of para-hydroxylation sites is 1. The Morgan fingerprint density at radius 3 is 2.96 bits per heavy atom. The van der Waals surface area contributed by atoms with Gasteiger partial charge in [-0.05, 0) is 12.1 Å². The van der Waals surface area contributed by atoms with Crippen LogP contribution in [0.25, 0.3) is 0 Å². The van der Waals surface area contributed by atoms with Crippen molar-refractivity contribution in [3.63, 3.8) is 0 Å². The van der Waals surface area contributed by atoms with Crippen molar-refractivity contribution in [1.82, 2.24) is 19.7 Å². The van der Waals surface area contributed by atoms with E-state index in [0.29, 0.717) is 24.8 Å². The molecular formula is C17H20N4O2S. The van der Waals surface area contributed by atoms with E-state index in [9.17, 15) is 4.79 Å². The number of hydrogen-bond donors (Lipinski definition) is 0. The number of rotatable bonds is 2. The molecule has 0 saturated heterocycles. The molecule has 1 atom stereocenters. The predicted molar refractivity (Wildman–Crippen MR) is 91.1 cm³/mol. The average molecular weight is 344 g/mol. The van der Waals surface area contributed by atoms with Crippen molar-refractivity contribution >= 4 is 17.7 Å². The second-order valence-electron chi connectivity index (χ2n) is 6.40. The van der Waals surface area contributed by atoms with Crippen LogP contribution in [0.5, 0.6) is 5.75 Å². The van der Waals surface area contributed by atoms with Gasteiger partial charge in [0.05, 0.1) is 6.54 Å². The first kappa shape index (κ1) is 15.5. The Balaban J connectivity index is 1.48. The minimum absolute atomic E-state index is 0.0392. The quantitative estimate of drug-likeness (QED) is 0.837. The Morgan fingerprint density at radius 1 is 1.29 bits per heavy atom. The molecule has 0 saturated carbocycles. The largest absolute Gasteiger partial charge is 0.479 e. The third-order valence-electron chi connectivity index (χ3n) is 4.39. The van der Waals surface area contributed by atoms with Crippen LogP contribution in [-0.4, -0.2) is 44.0 Å². The van der Waals surface area contributed by atoms with E-state index in [0.717, 1.165) is 28.8 Å². The lowest BCUT2D eigenvalue weighted by Gasteiger charge is -2.33. The number of hydrogen-bond acceptors (Lipinski definition) is 5. The lowest BCUT2D eigenvalue weighted by molar-refractivity contribution is -0.139. The van der Waals surface area contributed by atoms with Gasteiger partial charge in [0.1, 0.15) is 11.6 Å². The van der Waals surface area contributed by atoms with Crippen LogP contribution >= 0.6 is 11.8 Å². The van der Waals surface area contributed by atoms with E-state index in [2.05, 4.69) is 28.6 Å². The highest BCUT2D eigenvalue weighted by Gasteiger charge is 2.33. The highest BCUT2D eigenvalue weighted by Crippen LogP contribution is 2.35. The van der Waals surface area contributed by atoms with Gasteiger partial charge in [-0.15, -0.1) is 22.0 Å². The van der Waals surface area contributed by atoms with E-state index in [4.69, 9.17) is 4.74 Å². The molecule has 0 radical (unpaired) electrons. The fourth-order valence-electron chi connectivity index (χ4n) is 3.14. The summed E-state index contributed by atoms with van der Waals surface area (Å²) in [5, 5.41) is 8.54. The maximum atomic E-state index is 12.8. The van der Waals surface area contributed by atoms with Crippen molar-refractivity contribution in [3.05, 3.63) is 35.9 Å². The van der Waals surface area contributed by atoms with Crippen LogP contribution in [0.1, 0.15) is 31.4 Å². The Kier molecular flexibility index (Phi) is 3.96. The minimum atomic E-state index is -0.427. The van der Waals surface area contributed by atoms with Crippen molar-refractivity contribution in [2.24, 2.45) is 0 Å².